The van der Waals surface area contributed by atoms with Gasteiger partial charge >= 0.3 is 36.8 Å². The van der Waals surface area contributed by atoms with Crippen molar-refractivity contribution in [3.05, 3.63) is 211 Å². The second kappa shape index (κ2) is 41.1. The minimum atomic E-state index is -3.40. The fourth-order valence-electron chi connectivity index (χ4n) is 9.79. The number of amides is 1. The second-order valence-electron chi connectivity index (χ2n) is 22.5. The first-order chi connectivity index (χ1) is 51.9. The molecule has 1 aliphatic rings. The molecule has 574 valence electrons. The molecule has 14 aromatic rings. The maximum absolute atomic E-state index is 12.7. The van der Waals surface area contributed by atoms with E-state index < -0.39 is 28.0 Å². The molecule has 0 bridgehead atoms. The van der Waals surface area contributed by atoms with Gasteiger partial charge in [0.15, 0.2) is 22.6 Å². The van der Waals surface area contributed by atoms with E-state index in [0.29, 0.717) is 137 Å². The van der Waals surface area contributed by atoms with Crippen molar-refractivity contribution in [1.29, 1.82) is 0 Å². The predicted octanol–water partition coefficient (Wildman–Crippen LogP) is 8.76. The number of H-pyrrole nitrogens is 1. The van der Waals surface area contributed by atoms with Crippen molar-refractivity contribution in [2.45, 2.75) is 94.2 Å². The summed E-state index contributed by atoms with van der Waals surface area (Å²) in [5.41, 5.74) is 7.41. The van der Waals surface area contributed by atoms with Crippen LogP contribution in [0.2, 0.25) is 20.1 Å². The van der Waals surface area contributed by atoms with Gasteiger partial charge in [-0.25, -0.2) is 73.3 Å². The summed E-state index contributed by atoms with van der Waals surface area (Å²) in [7, 11) is -3.40. The van der Waals surface area contributed by atoms with E-state index >= 15 is 0 Å². The van der Waals surface area contributed by atoms with Gasteiger partial charge in [-0.15, -0.1) is 0 Å². The average molecular weight is 1610 g/mol. The third-order valence-electron chi connectivity index (χ3n) is 14.7. The number of benzene rings is 1. The third kappa shape index (κ3) is 22.9. The van der Waals surface area contributed by atoms with Crippen LogP contribution < -0.4 is 24.2 Å². The van der Waals surface area contributed by atoms with E-state index in [0.717, 1.165) is 30.7 Å². The number of aromatic amines is 1. The molecule has 0 aliphatic carbocycles. The number of hydrogen-bond donors (Lipinski definition) is 4. The number of carboxylic acids is 1. The Morgan fingerprint density at radius 2 is 0.927 bits per heavy atom. The van der Waals surface area contributed by atoms with Crippen molar-refractivity contribution >= 4 is 130 Å². The smallest absolute Gasteiger partial charge is 0.870 e. The molecular formula is C68H69Cl4LiN18O18S. The number of nitrogens with one attached hydrogen (secondary N) is 2. The first kappa shape index (κ1) is 86.4. The zero-order valence-corrected chi connectivity index (χ0v) is 64.1. The molecule has 15 rings (SSSR count). The Kier molecular flexibility index (Phi) is 32.3. The summed E-state index contributed by atoms with van der Waals surface area (Å²) < 4.78 is 69.9. The molecule has 13 aromatic heterocycles. The molecule has 14 heterocycles. The van der Waals surface area contributed by atoms with Crippen LogP contribution in [0.15, 0.2) is 133 Å². The van der Waals surface area contributed by atoms with Crippen molar-refractivity contribution in [2.24, 2.45) is 0 Å². The number of pyridine rings is 4. The van der Waals surface area contributed by atoms with Gasteiger partial charge in [0.25, 0.3) is 16.0 Å². The van der Waals surface area contributed by atoms with Crippen LogP contribution >= 0.6 is 46.4 Å². The number of rotatable bonds is 17. The Bertz CT molecular complexity index is 5420. The standard InChI is InChI=1S/C19H16ClN5O2.C14H13ClN4O3.C12H9ClN4O3.C10H10ClN3O2.C5H7NO4S.C4H5NO2.C4H8O.Li.H2O/c1-11-3-5-13(6-4-11)23-19(26)14-9-22-18-16(17(14)20)12(2)24-25(18)10-15-21-7-8-27-15;1-3-21-14(20)9-6-17-13-11(12(9)15)8(2)18-19(13)7-10-16-4-5-22-10;1-6-9-10(13)7(12(18)19)4-15-11(9)17(16-6)5-8-14-2-3-20-8;1-3-16-10(15)6-4-12-9-7(8(6)11)5(2)13-14-9;1-11(7,8)10-4-5-6-2-3-9-5;6-3-4-5-1-2-7-4;1-2-4-5-3-1;;/h3-9H,10H2,1-2H3,(H,23,26);4-6H,3,7H2,1-2H3;2-4H,5H2,1H3,(H,18,19);4H,3H2,1-2H3,(H,12,13,14);2-3H,4H2,1H3;1-2,6H,3H2;1-4H2;;1H2/q;;;;;;;+1;/p-1. The van der Waals surface area contributed by atoms with Crippen LogP contribution in [-0.4, -0.2) is 165 Å². The molecule has 0 saturated carbocycles. The van der Waals surface area contributed by atoms with Gasteiger partial charge in [0.1, 0.15) is 64.2 Å². The molecule has 1 fully saturated rings. The summed E-state index contributed by atoms with van der Waals surface area (Å²) in [4.78, 5) is 83.5. The molecule has 0 atom stereocenters. The Balaban J connectivity index is 0.000000186. The van der Waals surface area contributed by atoms with Gasteiger partial charge in [0, 0.05) is 49.4 Å². The summed E-state index contributed by atoms with van der Waals surface area (Å²) in [5.74, 6) is -0.299. The zero-order valence-electron chi connectivity index (χ0n) is 60.2. The number of anilines is 1. The van der Waals surface area contributed by atoms with Crippen molar-refractivity contribution in [2.75, 3.05) is 38.0 Å². The summed E-state index contributed by atoms with van der Waals surface area (Å²) in [6, 6.07) is 7.53. The predicted molar refractivity (Wildman–Crippen MR) is 391 cm³/mol. The number of aromatic nitrogens is 17. The first-order valence-corrected chi connectivity index (χ1v) is 35.6. The molecule has 1 aromatic carbocycles. The number of nitrogens with zero attached hydrogens (tertiary/aromatic N) is 16. The molecule has 0 unspecified atom stereocenters. The van der Waals surface area contributed by atoms with Gasteiger partial charge in [-0.1, -0.05) is 64.1 Å². The number of oxazole rings is 5. The van der Waals surface area contributed by atoms with Crippen LogP contribution in [0.5, 0.6) is 0 Å². The largest absolute Gasteiger partial charge is 1.00 e. The minimum Gasteiger partial charge on any atom is -0.870 e. The van der Waals surface area contributed by atoms with Crippen molar-refractivity contribution < 1.29 is 103 Å². The summed E-state index contributed by atoms with van der Waals surface area (Å²) in [6.45, 7) is 15.9. The summed E-state index contributed by atoms with van der Waals surface area (Å²) >= 11 is 25.1. The SMILES string of the molecule is C1CCOC1.CCOC(=O)c1cnc2c(c(C)nn2Cc2ncco2)c1Cl.CCOC(=O)c1cnc2n[nH]c(C)c2c1Cl.CS(=O)(=O)OCc1ncco1.Cc1ccc(NC(=O)c2cnc3c(c(C)nn3Cc3ncco3)c2Cl)cc1.Cc1nn(Cc2ncco2)c2ncc(C(=O)O)c(Cl)c12.OCc1ncco1.[Li+].[OH-]. The average Bonchev–Trinajstić information content (AvgIpc) is 1.63. The fourth-order valence-corrected chi connectivity index (χ4v) is 11.5. The molecule has 1 saturated heterocycles. The van der Waals surface area contributed by atoms with E-state index in [1.165, 1.54) is 87.5 Å². The number of aliphatic hydroxyl groups is 1. The van der Waals surface area contributed by atoms with Gasteiger partial charge in [0.05, 0.1) is 131 Å². The van der Waals surface area contributed by atoms with Gasteiger partial charge in [-0.05, 0) is 73.4 Å². The van der Waals surface area contributed by atoms with E-state index in [2.05, 4.69) is 84.3 Å². The zero-order chi connectivity index (χ0) is 77.6. The van der Waals surface area contributed by atoms with Gasteiger partial charge in [0.2, 0.25) is 29.5 Å². The van der Waals surface area contributed by atoms with Crippen LogP contribution in [-0.2, 0) is 61.4 Å². The maximum Gasteiger partial charge on any atom is 1.00 e. The van der Waals surface area contributed by atoms with E-state index in [1.807, 2.05) is 45.0 Å². The molecule has 36 nitrogen and oxygen atoms in total. The van der Waals surface area contributed by atoms with Crippen LogP contribution in [0.1, 0.15) is 126 Å². The number of esters is 2. The number of aliphatic hydroxyl groups excluding tert-OH is 1. The number of halogens is 4. The van der Waals surface area contributed by atoms with Gasteiger partial charge < -0.3 is 57.3 Å². The number of aryl methyl sites for hydroxylation is 5. The van der Waals surface area contributed by atoms with Crippen molar-refractivity contribution in [1.82, 2.24) is 84.4 Å². The van der Waals surface area contributed by atoms with E-state index in [9.17, 15) is 27.6 Å². The molecule has 0 spiro atoms. The molecule has 110 heavy (non-hydrogen) atoms. The van der Waals surface area contributed by atoms with Crippen LogP contribution in [0.4, 0.5) is 5.69 Å². The van der Waals surface area contributed by atoms with Gasteiger partial charge in [-0.3, -0.25) is 14.1 Å². The van der Waals surface area contributed by atoms with E-state index in [-0.39, 0.29) is 77.7 Å². The third-order valence-corrected chi connectivity index (χ3v) is 16.8. The second-order valence-corrected chi connectivity index (χ2v) is 25.6. The number of fused-ring (bicyclic) bond motifs is 4. The van der Waals surface area contributed by atoms with Gasteiger partial charge in [-0.2, -0.15) is 28.8 Å². The number of hydrogen-bond acceptors (Lipinski definition) is 30. The molecular weight excluding hydrogens is 1540 g/mol. The Hall–Kier alpha value is -10.8. The number of ether oxygens (including phenoxy) is 3. The van der Waals surface area contributed by atoms with Crippen molar-refractivity contribution in [3.8, 4) is 0 Å². The molecule has 5 N–H and O–H groups in total. The van der Waals surface area contributed by atoms with E-state index in [1.54, 1.807) is 54.1 Å². The molecule has 1 amide bonds. The Morgan fingerprint density at radius 3 is 1.30 bits per heavy atom. The number of carbonyl (C=O) groups is 4. The fraction of sp³-hybridized carbons (Fsp3) is 0.279. The summed E-state index contributed by atoms with van der Waals surface area (Å²) in [6.07, 6.45) is 23.8. The maximum atomic E-state index is 12.7. The number of carbonyl (C=O) groups excluding carboxylic acids is 3. The first-order valence-electron chi connectivity index (χ1n) is 32.3. The van der Waals surface area contributed by atoms with Crippen LogP contribution in [0, 0.1) is 34.6 Å². The molecule has 42 heteroatoms. The van der Waals surface area contributed by atoms with Crippen LogP contribution in [0.25, 0.3) is 44.1 Å². The number of aromatic carboxylic acids is 1. The number of carboxylic acid groups (broad SMARTS) is 1. The van der Waals surface area contributed by atoms with E-state index in [4.69, 9.17) is 88.5 Å². The molecule has 1 aliphatic heterocycles. The quantitative estimate of drug-likeness (QED) is 0.0376. The Morgan fingerprint density at radius 1 is 0.545 bits per heavy atom. The molecule has 0 radical (unpaired) electrons. The summed E-state index contributed by atoms with van der Waals surface area (Å²) in [5, 5.41) is 43.6. The topological polar surface area (TPSA) is 486 Å². The normalized spacial score (nSPS) is 11.4. The Labute approximate surface area is 656 Å². The monoisotopic (exact) mass is 1600 g/mol. The van der Waals surface area contributed by atoms with Crippen LogP contribution in [0.3, 0.4) is 0 Å². The minimum absolute atomic E-state index is 0. The van der Waals surface area contributed by atoms with Crippen molar-refractivity contribution in [3.63, 3.8) is 0 Å².